The van der Waals surface area contributed by atoms with E-state index in [1.165, 1.54) is 24.8 Å². The van der Waals surface area contributed by atoms with Gasteiger partial charge in [-0.25, -0.2) is 4.39 Å². The molecule has 0 saturated heterocycles. The Hall–Kier alpha value is -1.66. The Balaban J connectivity index is 1.93. The molecule has 0 aliphatic heterocycles. The van der Waals surface area contributed by atoms with Gasteiger partial charge in [-0.3, -0.25) is 9.59 Å². The molecule has 0 unspecified atom stereocenters. The first-order chi connectivity index (χ1) is 11.5. The van der Waals surface area contributed by atoms with Crippen LogP contribution >= 0.6 is 27.7 Å². The number of rotatable bonds is 7. The van der Waals surface area contributed by atoms with Gasteiger partial charge in [0.1, 0.15) is 5.82 Å². The molecule has 0 spiro atoms. The Morgan fingerprint density at radius 3 is 2.50 bits per heavy atom. The van der Waals surface area contributed by atoms with Gasteiger partial charge in [-0.15, -0.1) is 11.8 Å². The number of halogens is 2. The Bertz CT molecular complexity index is 734. The number of amides is 1. The lowest BCUT2D eigenvalue weighted by atomic mass is 10.1. The molecule has 0 atom stereocenters. The highest BCUT2D eigenvalue weighted by Crippen LogP contribution is 2.22. The normalized spacial score (nSPS) is 10.5. The number of benzene rings is 2. The van der Waals surface area contributed by atoms with Crippen LogP contribution in [-0.2, 0) is 11.2 Å². The van der Waals surface area contributed by atoms with E-state index in [1.54, 1.807) is 12.1 Å². The second kappa shape index (κ2) is 8.99. The molecule has 0 heterocycles. The fourth-order valence-electron chi connectivity index (χ4n) is 2.06. The van der Waals surface area contributed by atoms with Crippen LogP contribution in [0.5, 0.6) is 0 Å². The second-order valence-corrected chi connectivity index (χ2v) is 7.17. The van der Waals surface area contributed by atoms with Crippen molar-refractivity contribution in [3.8, 4) is 0 Å². The van der Waals surface area contributed by atoms with Crippen LogP contribution < -0.4 is 5.32 Å². The minimum absolute atomic E-state index is 0.116. The van der Waals surface area contributed by atoms with E-state index in [0.29, 0.717) is 24.1 Å². The first-order valence-electron chi connectivity index (χ1n) is 7.40. The molecule has 0 radical (unpaired) electrons. The van der Waals surface area contributed by atoms with Crippen molar-refractivity contribution < 1.29 is 14.0 Å². The van der Waals surface area contributed by atoms with E-state index in [9.17, 15) is 14.0 Å². The SMILES string of the molecule is CC(=O)NCCc1ccc(C(=O)CSc2ccc(Br)cc2)cc1F. The van der Waals surface area contributed by atoms with Crippen LogP contribution in [0.2, 0.25) is 0 Å². The molecule has 0 aromatic heterocycles. The summed E-state index contributed by atoms with van der Waals surface area (Å²) >= 11 is 4.78. The maximum Gasteiger partial charge on any atom is 0.216 e. The number of carbonyl (C=O) groups is 2. The van der Waals surface area contributed by atoms with Gasteiger partial charge in [0.25, 0.3) is 0 Å². The summed E-state index contributed by atoms with van der Waals surface area (Å²) in [5.74, 6) is -0.422. The third-order valence-electron chi connectivity index (χ3n) is 3.33. The summed E-state index contributed by atoms with van der Waals surface area (Å²) < 4.78 is 15.0. The van der Waals surface area contributed by atoms with Crippen molar-refractivity contribution in [2.75, 3.05) is 12.3 Å². The summed E-state index contributed by atoms with van der Waals surface area (Å²) in [7, 11) is 0. The van der Waals surface area contributed by atoms with E-state index in [0.717, 1.165) is 9.37 Å². The van der Waals surface area contributed by atoms with Gasteiger partial charge >= 0.3 is 0 Å². The lowest BCUT2D eigenvalue weighted by Gasteiger charge is -2.07. The third-order valence-corrected chi connectivity index (χ3v) is 4.87. The van der Waals surface area contributed by atoms with Gasteiger partial charge in [-0.1, -0.05) is 28.1 Å². The summed E-state index contributed by atoms with van der Waals surface area (Å²) in [5, 5.41) is 2.62. The van der Waals surface area contributed by atoms with E-state index in [2.05, 4.69) is 21.2 Å². The number of nitrogens with one attached hydrogen (secondary N) is 1. The molecule has 2 aromatic rings. The average Bonchev–Trinajstić information content (AvgIpc) is 2.55. The topological polar surface area (TPSA) is 46.2 Å². The molecule has 3 nitrogen and oxygen atoms in total. The zero-order chi connectivity index (χ0) is 17.5. The smallest absolute Gasteiger partial charge is 0.216 e. The molecule has 6 heteroatoms. The number of ketones is 1. The minimum atomic E-state index is -0.417. The molecule has 126 valence electrons. The monoisotopic (exact) mass is 409 g/mol. The van der Waals surface area contributed by atoms with Crippen molar-refractivity contribution in [2.24, 2.45) is 0 Å². The van der Waals surface area contributed by atoms with Gasteiger partial charge in [-0.05, 0) is 42.3 Å². The van der Waals surface area contributed by atoms with Crippen molar-refractivity contribution in [3.05, 3.63) is 63.9 Å². The van der Waals surface area contributed by atoms with Crippen LogP contribution in [0, 0.1) is 5.82 Å². The van der Waals surface area contributed by atoms with Crippen LogP contribution in [0.1, 0.15) is 22.8 Å². The van der Waals surface area contributed by atoms with E-state index < -0.39 is 5.82 Å². The van der Waals surface area contributed by atoms with Gasteiger partial charge in [0, 0.05) is 28.4 Å². The van der Waals surface area contributed by atoms with Crippen molar-refractivity contribution >= 4 is 39.4 Å². The molecule has 0 aliphatic rings. The maximum absolute atomic E-state index is 14.1. The number of thioether (sulfide) groups is 1. The average molecular weight is 410 g/mol. The predicted octanol–water partition coefficient (Wildman–Crippen LogP) is 4.24. The third kappa shape index (κ3) is 5.76. The van der Waals surface area contributed by atoms with Crippen LogP contribution in [0.3, 0.4) is 0 Å². The summed E-state index contributed by atoms with van der Waals surface area (Å²) in [6.07, 6.45) is 0.396. The zero-order valence-corrected chi connectivity index (χ0v) is 15.5. The van der Waals surface area contributed by atoms with Crippen molar-refractivity contribution in [1.82, 2.24) is 5.32 Å². The zero-order valence-electron chi connectivity index (χ0n) is 13.1. The van der Waals surface area contributed by atoms with E-state index in [4.69, 9.17) is 0 Å². The first-order valence-corrected chi connectivity index (χ1v) is 9.18. The van der Waals surface area contributed by atoms with Gasteiger partial charge in [-0.2, -0.15) is 0 Å². The highest BCUT2D eigenvalue weighted by atomic mass is 79.9. The van der Waals surface area contributed by atoms with Crippen molar-refractivity contribution in [1.29, 1.82) is 0 Å². The summed E-state index contributed by atoms with van der Waals surface area (Å²) in [6, 6.07) is 12.2. The second-order valence-electron chi connectivity index (χ2n) is 5.20. The Morgan fingerprint density at radius 1 is 1.17 bits per heavy atom. The molecule has 0 fully saturated rings. The number of hydrogen-bond donors (Lipinski definition) is 1. The quantitative estimate of drug-likeness (QED) is 0.549. The fourth-order valence-corrected chi connectivity index (χ4v) is 3.12. The lowest BCUT2D eigenvalue weighted by molar-refractivity contribution is -0.118. The Morgan fingerprint density at radius 2 is 1.88 bits per heavy atom. The molecule has 0 saturated carbocycles. The van der Waals surface area contributed by atoms with E-state index in [-0.39, 0.29) is 17.4 Å². The number of carbonyl (C=O) groups excluding carboxylic acids is 2. The van der Waals surface area contributed by atoms with Crippen LogP contribution in [0.4, 0.5) is 4.39 Å². The fraction of sp³-hybridized carbons (Fsp3) is 0.222. The molecule has 1 amide bonds. The van der Waals surface area contributed by atoms with Gasteiger partial charge in [0.05, 0.1) is 5.75 Å². The Labute approximate surface area is 153 Å². The van der Waals surface area contributed by atoms with E-state index in [1.807, 2.05) is 24.3 Å². The molecule has 24 heavy (non-hydrogen) atoms. The summed E-state index contributed by atoms with van der Waals surface area (Å²) in [6.45, 7) is 1.79. The van der Waals surface area contributed by atoms with Crippen LogP contribution in [0.15, 0.2) is 51.8 Å². The molecular formula is C18H17BrFNO2S. The maximum atomic E-state index is 14.1. The van der Waals surface area contributed by atoms with Gasteiger partial charge in [0.15, 0.2) is 5.78 Å². The molecule has 1 N–H and O–H groups in total. The molecule has 0 aliphatic carbocycles. The lowest BCUT2D eigenvalue weighted by Crippen LogP contribution is -2.22. The summed E-state index contributed by atoms with van der Waals surface area (Å²) in [5.41, 5.74) is 0.848. The molecular weight excluding hydrogens is 393 g/mol. The van der Waals surface area contributed by atoms with Crippen molar-refractivity contribution in [3.63, 3.8) is 0 Å². The summed E-state index contributed by atoms with van der Waals surface area (Å²) in [4.78, 5) is 24.0. The van der Waals surface area contributed by atoms with Crippen LogP contribution in [0.25, 0.3) is 0 Å². The molecule has 2 rings (SSSR count). The highest BCUT2D eigenvalue weighted by Gasteiger charge is 2.10. The molecule has 0 bridgehead atoms. The minimum Gasteiger partial charge on any atom is -0.356 e. The van der Waals surface area contributed by atoms with Crippen LogP contribution in [-0.4, -0.2) is 24.0 Å². The van der Waals surface area contributed by atoms with Gasteiger partial charge in [0.2, 0.25) is 5.91 Å². The standard InChI is InChI=1S/C18H17BrFNO2S/c1-12(22)21-9-8-13-2-3-14(10-17(13)20)18(23)11-24-16-6-4-15(19)5-7-16/h2-7,10H,8-9,11H2,1H3,(H,21,22). The Kier molecular flexibility index (Phi) is 6.99. The van der Waals surface area contributed by atoms with Gasteiger partial charge < -0.3 is 5.32 Å². The predicted molar refractivity (Wildman–Crippen MR) is 98.0 cm³/mol. The molecule has 2 aromatic carbocycles. The van der Waals surface area contributed by atoms with E-state index >= 15 is 0 Å². The largest absolute Gasteiger partial charge is 0.356 e. The first kappa shape index (κ1) is 18.7. The number of hydrogen-bond acceptors (Lipinski definition) is 3. The number of Topliss-reactive ketones (excluding diaryl/α,β-unsaturated/α-hetero) is 1. The highest BCUT2D eigenvalue weighted by molar-refractivity contribution is 9.10. The van der Waals surface area contributed by atoms with Crippen molar-refractivity contribution in [2.45, 2.75) is 18.2 Å².